The first-order valence-corrected chi connectivity index (χ1v) is 4.78. The Bertz CT molecular complexity index is 373. The van der Waals surface area contributed by atoms with Crippen molar-refractivity contribution in [3.63, 3.8) is 0 Å². The lowest BCUT2D eigenvalue weighted by molar-refractivity contribution is 0.725. The second-order valence-corrected chi connectivity index (χ2v) is 3.36. The van der Waals surface area contributed by atoms with Crippen molar-refractivity contribution in [3.8, 4) is 5.75 Å². The third-order valence-corrected chi connectivity index (χ3v) is 2.71. The van der Waals surface area contributed by atoms with E-state index >= 15 is 0 Å². The van der Waals surface area contributed by atoms with E-state index in [9.17, 15) is 0 Å². The van der Waals surface area contributed by atoms with E-state index in [1.54, 1.807) is 17.5 Å². The van der Waals surface area contributed by atoms with Crippen LogP contribution in [0, 0.1) is 0 Å². The van der Waals surface area contributed by atoms with E-state index in [0.29, 0.717) is 0 Å². The molecule has 0 spiro atoms. The van der Waals surface area contributed by atoms with Gasteiger partial charge in [-0.25, -0.2) is 4.98 Å². The SMILES string of the molecule is IOc1ccnc2sccc12. The molecule has 11 heavy (non-hydrogen) atoms. The molecule has 0 unspecified atom stereocenters. The summed E-state index contributed by atoms with van der Waals surface area (Å²) in [7, 11) is 0. The number of hydrogen-bond donors (Lipinski definition) is 0. The summed E-state index contributed by atoms with van der Waals surface area (Å²) in [5.41, 5.74) is 0. The van der Waals surface area contributed by atoms with Gasteiger partial charge in [0, 0.05) is 12.3 Å². The first kappa shape index (κ1) is 7.30. The van der Waals surface area contributed by atoms with E-state index in [0.717, 1.165) is 16.0 Å². The minimum Gasteiger partial charge on any atom is -0.427 e. The number of hydrogen-bond acceptors (Lipinski definition) is 3. The smallest absolute Gasteiger partial charge is 0.192 e. The van der Waals surface area contributed by atoms with Crippen LogP contribution >= 0.6 is 34.3 Å². The molecule has 2 nitrogen and oxygen atoms in total. The molecule has 0 bridgehead atoms. The van der Waals surface area contributed by atoms with Gasteiger partial charge >= 0.3 is 0 Å². The molecular formula is C7H4INOS. The molecule has 0 N–H and O–H groups in total. The molecule has 0 atom stereocenters. The highest BCUT2D eigenvalue weighted by Crippen LogP contribution is 2.28. The Morgan fingerprint density at radius 2 is 2.36 bits per heavy atom. The van der Waals surface area contributed by atoms with Crippen LogP contribution in [0.2, 0.25) is 0 Å². The van der Waals surface area contributed by atoms with Crippen molar-refractivity contribution >= 4 is 44.6 Å². The van der Waals surface area contributed by atoms with Gasteiger partial charge in [0.2, 0.25) is 0 Å². The van der Waals surface area contributed by atoms with Crippen molar-refractivity contribution in [3.05, 3.63) is 23.7 Å². The van der Waals surface area contributed by atoms with Crippen LogP contribution in [0.25, 0.3) is 10.2 Å². The van der Waals surface area contributed by atoms with Gasteiger partial charge in [-0.05, 0) is 11.4 Å². The number of pyridine rings is 1. The van der Waals surface area contributed by atoms with Gasteiger partial charge in [0.15, 0.2) is 23.0 Å². The third kappa shape index (κ3) is 1.20. The second-order valence-electron chi connectivity index (χ2n) is 2.03. The van der Waals surface area contributed by atoms with Crippen molar-refractivity contribution in [2.45, 2.75) is 0 Å². The zero-order valence-corrected chi connectivity index (χ0v) is 8.43. The van der Waals surface area contributed by atoms with Crippen molar-refractivity contribution in [2.24, 2.45) is 0 Å². The summed E-state index contributed by atoms with van der Waals surface area (Å²) in [6.07, 6.45) is 1.76. The van der Waals surface area contributed by atoms with E-state index < -0.39 is 0 Å². The summed E-state index contributed by atoms with van der Waals surface area (Å²) in [5.74, 6) is 0.886. The molecular weight excluding hydrogens is 273 g/mol. The van der Waals surface area contributed by atoms with Gasteiger partial charge in [0.25, 0.3) is 0 Å². The largest absolute Gasteiger partial charge is 0.427 e. The van der Waals surface area contributed by atoms with Gasteiger partial charge in [0.1, 0.15) is 10.6 Å². The molecule has 0 aliphatic heterocycles. The van der Waals surface area contributed by atoms with Crippen LogP contribution in [0.5, 0.6) is 5.75 Å². The topological polar surface area (TPSA) is 22.1 Å². The Labute approximate surface area is 81.9 Å². The summed E-state index contributed by atoms with van der Waals surface area (Å²) in [5, 5.41) is 3.10. The Morgan fingerprint density at radius 1 is 1.45 bits per heavy atom. The molecule has 0 aromatic carbocycles. The summed E-state index contributed by atoms with van der Waals surface area (Å²) in [4.78, 5) is 5.21. The van der Waals surface area contributed by atoms with Crippen molar-refractivity contribution in [2.75, 3.05) is 0 Å². The molecule has 0 saturated carbocycles. The second kappa shape index (κ2) is 2.94. The highest BCUT2D eigenvalue weighted by atomic mass is 127. The lowest BCUT2D eigenvalue weighted by Crippen LogP contribution is -1.76. The molecule has 2 aromatic heterocycles. The first-order valence-electron chi connectivity index (χ1n) is 3.02. The lowest BCUT2D eigenvalue weighted by Gasteiger charge is -1.95. The molecule has 56 valence electrons. The zero-order valence-electron chi connectivity index (χ0n) is 5.45. The fourth-order valence-electron chi connectivity index (χ4n) is 0.918. The minimum atomic E-state index is 0.886. The molecule has 0 radical (unpaired) electrons. The maximum Gasteiger partial charge on any atom is 0.192 e. The molecule has 2 aromatic rings. The van der Waals surface area contributed by atoms with E-state index in [1.165, 1.54) is 0 Å². The third-order valence-electron chi connectivity index (χ3n) is 1.41. The van der Waals surface area contributed by atoms with Crippen LogP contribution in [-0.4, -0.2) is 4.98 Å². The lowest BCUT2D eigenvalue weighted by atomic mass is 10.3. The Kier molecular flexibility index (Phi) is 1.95. The Hall–Kier alpha value is -0.360. The van der Waals surface area contributed by atoms with Crippen LogP contribution in [0.4, 0.5) is 0 Å². The van der Waals surface area contributed by atoms with Crippen LogP contribution in [0.3, 0.4) is 0 Å². The molecule has 4 heteroatoms. The van der Waals surface area contributed by atoms with Gasteiger partial charge in [-0.1, -0.05) is 0 Å². The quantitative estimate of drug-likeness (QED) is 0.747. The van der Waals surface area contributed by atoms with Crippen LogP contribution in [0.1, 0.15) is 0 Å². The van der Waals surface area contributed by atoms with Gasteiger partial charge in [-0.2, -0.15) is 0 Å². The standard InChI is InChI=1S/C7H4INOS/c8-10-6-1-3-9-7-5(6)2-4-11-7/h1-4H. The number of rotatable bonds is 1. The van der Waals surface area contributed by atoms with E-state index in [-0.39, 0.29) is 0 Å². The van der Waals surface area contributed by atoms with Gasteiger partial charge in [-0.15, -0.1) is 11.3 Å². The first-order chi connectivity index (χ1) is 5.42. The molecule has 0 aliphatic carbocycles. The predicted molar refractivity (Wildman–Crippen MR) is 54.3 cm³/mol. The van der Waals surface area contributed by atoms with Crippen LogP contribution < -0.4 is 3.07 Å². The zero-order chi connectivity index (χ0) is 7.68. The van der Waals surface area contributed by atoms with Crippen LogP contribution in [-0.2, 0) is 0 Å². The van der Waals surface area contributed by atoms with Gasteiger partial charge in [-0.3, -0.25) is 0 Å². The highest BCUT2D eigenvalue weighted by molar-refractivity contribution is 14.1. The number of aromatic nitrogens is 1. The van der Waals surface area contributed by atoms with E-state index in [1.807, 2.05) is 40.5 Å². The molecule has 0 aliphatic rings. The minimum absolute atomic E-state index is 0.886. The highest BCUT2D eigenvalue weighted by Gasteiger charge is 2.01. The number of nitrogens with zero attached hydrogens (tertiary/aromatic N) is 1. The van der Waals surface area contributed by atoms with Crippen molar-refractivity contribution < 1.29 is 3.07 Å². The normalized spacial score (nSPS) is 10.3. The monoisotopic (exact) mass is 277 g/mol. The van der Waals surface area contributed by atoms with Gasteiger partial charge < -0.3 is 3.07 Å². The molecule has 0 amide bonds. The van der Waals surface area contributed by atoms with Gasteiger partial charge in [0.05, 0.1) is 5.39 Å². The molecule has 0 fully saturated rings. The maximum atomic E-state index is 5.12. The summed E-state index contributed by atoms with van der Waals surface area (Å²) >= 11 is 3.50. The average molecular weight is 277 g/mol. The number of halogens is 1. The molecule has 0 saturated heterocycles. The van der Waals surface area contributed by atoms with E-state index in [2.05, 4.69) is 4.98 Å². The fraction of sp³-hybridized carbons (Fsp3) is 0. The summed E-state index contributed by atoms with van der Waals surface area (Å²) < 4.78 is 5.12. The van der Waals surface area contributed by atoms with E-state index in [4.69, 9.17) is 3.07 Å². The van der Waals surface area contributed by atoms with Crippen molar-refractivity contribution in [1.29, 1.82) is 0 Å². The summed E-state index contributed by atoms with van der Waals surface area (Å²) in [6, 6.07) is 3.88. The molecule has 2 rings (SSSR count). The maximum absolute atomic E-state index is 5.12. The number of fused-ring (bicyclic) bond motifs is 1. The van der Waals surface area contributed by atoms with Crippen LogP contribution in [0.15, 0.2) is 23.7 Å². The fourth-order valence-corrected chi connectivity index (χ4v) is 2.05. The predicted octanol–water partition coefficient (Wildman–Crippen LogP) is 3.03. The Balaban J connectivity index is 2.79. The summed E-state index contributed by atoms with van der Waals surface area (Å²) in [6.45, 7) is 0. The average Bonchev–Trinajstić information content (AvgIpc) is 2.50. The Morgan fingerprint density at radius 3 is 3.18 bits per heavy atom. The van der Waals surface area contributed by atoms with Crippen molar-refractivity contribution in [1.82, 2.24) is 4.98 Å². The number of thiophene rings is 1. The molecule has 2 heterocycles.